The van der Waals surface area contributed by atoms with Crippen molar-refractivity contribution < 1.29 is 22.3 Å². The molecule has 156 valence electrons. The minimum absolute atomic E-state index is 0.269. The van der Waals surface area contributed by atoms with Crippen molar-refractivity contribution in [1.82, 2.24) is 9.97 Å². The van der Waals surface area contributed by atoms with Crippen LogP contribution in [0.1, 0.15) is 12.8 Å². The molecule has 2 aromatic carbocycles. The summed E-state index contributed by atoms with van der Waals surface area (Å²) < 4.78 is 55.6. The van der Waals surface area contributed by atoms with Gasteiger partial charge in [-0.25, -0.2) is 9.37 Å². The molecule has 0 amide bonds. The Labute approximate surface area is 177 Å². The van der Waals surface area contributed by atoms with Gasteiger partial charge in [-0.2, -0.15) is 4.98 Å². The van der Waals surface area contributed by atoms with E-state index in [2.05, 4.69) is 41.3 Å². The zero-order valence-corrected chi connectivity index (χ0v) is 16.9. The second-order valence-electron chi connectivity index (χ2n) is 6.71. The molecule has 0 spiro atoms. The number of hydrogen-bond acceptors (Lipinski definition) is 5. The van der Waals surface area contributed by atoms with E-state index in [0.717, 1.165) is 12.8 Å². The number of alkyl halides is 3. The third-order valence-electron chi connectivity index (χ3n) is 4.19. The number of aromatic nitrogens is 2. The molecule has 30 heavy (non-hydrogen) atoms. The number of ether oxygens (including phenoxy) is 1. The summed E-state index contributed by atoms with van der Waals surface area (Å²) in [5, 5.41) is 6.26. The van der Waals surface area contributed by atoms with Gasteiger partial charge in [0.05, 0.1) is 11.4 Å². The Morgan fingerprint density at radius 1 is 1.03 bits per heavy atom. The maximum atomic E-state index is 13.4. The Bertz CT molecular complexity index is 1070. The van der Waals surface area contributed by atoms with Gasteiger partial charge in [0.25, 0.3) is 0 Å². The van der Waals surface area contributed by atoms with Crippen molar-refractivity contribution in [2.24, 2.45) is 0 Å². The average Bonchev–Trinajstić information content (AvgIpc) is 3.47. The second kappa shape index (κ2) is 8.10. The molecule has 4 rings (SSSR count). The molecule has 3 aromatic rings. The molecule has 5 nitrogen and oxygen atoms in total. The van der Waals surface area contributed by atoms with Crippen LogP contribution in [0.2, 0.25) is 0 Å². The number of nitrogens with zero attached hydrogens (tertiary/aromatic N) is 2. The monoisotopic (exact) mass is 482 g/mol. The number of rotatable bonds is 6. The summed E-state index contributed by atoms with van der Waals surface area (Å²) >= 11 is 3.29. The first kappa shape index (κ1) is 20.4. The minimum atomic E-state index is -4.79. The summed E-state index contributed by atoms with van der Waals surface area (Å²) in [5.41, 5.74) is 1.41. The fraction of sp³-hybridized carbons (Fsp3) is 0.200. The van der Waals surface area contributed by atoms with E-state index in [1.54, 1.807) is 18.2 Å². The molecule has 0 unspecified atom stereocenters. The van der Waals surface area contributed by atoms with Crippen molar-refractivity contribution in [1.29, 1.82) is 0 Å². The summed E-state index contributed by atoms with van der Waals surface area (Å²) in [7, 11) is 0. The highest BCUT2D eigenvalue weighted by atomic mass is 79.9. The van der Waals surface area contributed by atoms with Crippen molar-refractivity contribution in [3.63, 3.8) is 0 Å². The normalized spacial score (nSPS) is 13.8. The zero-order valence-electron chi connectivity index (χ0n) is 15.3. The summed E-state index contributed by atoms with van der Waals surface area (Å²) in [6.07, 6.45) is -2.80. The van der Waals surface area contributed by atoms with E-state index in [-0.39, 0.29) is 11.8 Å². The van der Waals surface area contributed by atoms with E-state index in [4.69, 9.17) is 0 Å². The Hall–Kier alpha value is -2.88. The molecule has 10 heteroatoms. The fourth-order valence-electron chi connectivity index (χ4n) is 2.72. The van der Waals surface area contributed by atoms with E-state index in [0.29, 0.717) is 33.2 Å². The molecule has 0 bridgehead atoms. The van der Waals surface area contributed by atoms with Gasteiger partial charge in [0.2, 0.25) is 5.95 Å². The molecule has 1 saturated carbocycles. The van der Waals surface area contributed by atoms with Crippen LogP contribution in [0.15, 0.2) is 53.0 Å². The third-order valence-corrected chi connectivity index (χ3v) is 4.85. The third kappa shape index (κ3) is 5.38. The summed E-state index contributed by atoms with van der Waals surface area (Å²) in [6, 6.07) is 11.6. The predicted octanol–water partition coefficient (Wildman–Crippen LogP) is 6.26. The highest BCUT2D eigenvalue weighted by molar-refractivity contribution is 9.10. The molecule has 0 atom stereocenters. The van der Waals surface area contributed by atoms with Gasteiger partial charge in [-0.05, 0) is 59.1 Å². The van der Waals surface area contributed by atoms with Crippen molar-refractivity contribution in [2.75, 3.05) is 10.6 Å². The maximum absolute atomic E-state index is 13.4. The van der Waals surface area contributed by atoms with Gasteiger partial charge in [-0.3, -0.25) is 0 Å². The van der Waals surface area contributed by atoms with Crippen LogP contribution in [-0.4, -0.2) is 22.4 Å². The lowest BCUT2D eigenvalue weighted by molar-refractivity contribution is -0.274. The molecule has 0 aliphatic heterocycles. The van der Waals surface area contributed by atoms with Gasteiger partial charge in [0, 0.05) is 22.1 Å². The summed E-state index contributed by atoms with van der Waals surface area (Å²) in [6.45, 7) is 0. The fourth-order valence-corrected chi connectivity index (χ4v) is 3.17. The summed E-state index contributed by atoms with van der Waals surface area (Å²) in [5.74, 6) is 0.00921. The van der Waals surface area contributed by atoms with Crippen LogP contribution in [0.25, 0.3) is 11.3 Å². The lowest BCUT2D eigenvalue weighted by Gasteiger charge is -2.13. The van der Waals surface area contributed by atoms with Gasteiger partial charge in [0.15, 0.2) is 0 Å². The van der Waals surface area contributed by atoms with E-state index in [9.17, 15) is 17.6 Å². The van der Waals surface area contributed by atoms with Crippen LogP contribution >= 0.6 is 15.9 Å². The maximum Gasteiger partial charge on any atom is 0.573 e. The van der Waals surface area contributed by atoms with E-state index < -0.39 is 12.2 Å². The first-order valence-corrected chi connectivity index (χ1v) is 9.78. The van der Waals surface area contributed by atoms with Gasteiger partial charge < -0.3 is 15.4 Å². The van der Waals surface area contributed by atoms with Crippen LogP contribution in [-0.2, 0) is 0 Å². The van der Waals surface area contributed by atoms with Crippen molar-refractivity contribution in [3.8, 4) is 17.0 Å². The highest BCUT2D eigenvalue weighted by Crippen LogP contribution is 2.32. The molecule has 1 fully saturated rings. The smallest absolute Gasteiger partial charge is 0.406 e. The molecule has 1 aliphatic carbocycles. The largest absolute Gasteiger partial charge is 0.573 e. The quantitative estimate of drug-likeness (QED) is 0.406. The van der Waals surface area contributed by atoms with Gasteiger partial charge in [0.1, 0.15) is 17.4 Å². The standard InChI is InChI=1S/C20H15BrF4N4O/c21-15-9-12(22)4-7-16(15)27-18-10-17(28-19(29-18)26-13-5-6-13)11-2-1-3-14(8-11)30-20(23,24)25/h1-4,7-10,13H,5-6H2,(H2,26,27,28,29). The van der Waals surface area contributed by atoms with Crippen LogP contribution in [0, 0.1) is 5.82 Å². The number of nitrogens with one attached hydrogen (secondary N) is 2. The van der Waals surface area contributed by atoms with Gasteiger partial charge in [-0.15, -0.1) is 13.2 Å². The average molecular weight is 483 g/mol. The second-order valence-corrected chi connectivity index (χ2v) is 7.56. The Morgan fingerprint density at radius 3 is 2.53 bits per heavy atom. The highest BCUT2D eigenvalue weighted by Gasteiger charge is 2.31. The van der Waals surface area contributed by atoms with Gasteiger partial charge in [-0.1, -0.05) is 12.1 Å². The molecule has 1 heterocycles. The van der Waals surface area contributed by atoms with Crippen LogP contribution in [0.5, 0.6) is 5.75 Å². The number of hydrogen-bond donors (Lipinski definition) is 2. The van der Waals surface area contributed by atoms with E-state index in [1.807, 2.05) is 0 Å². The molecule has 0 radical (unpaired) electrons. The van der Waals surface area contributed by atoms with Crippen molar-refractivity contribution in [2.45, 2.75) is 25.2 Å². The topological polar surface area (TPSA) is 59.1 Å². The lowest BCUT2D eigenvalue weighted by Crippen LogP contribution is -2.17. The number of halogens is 5. The minimum Gasteiger partial charge on any atom is -0.406 e. The van der Waals surface area contributed by atoms with Crippen LogP contribution in [0.3, 0.4) is 0 Å². The van der Waals surface area contributed by atoms with Crippen molar-refractivity contribution in [3.05, 3.63) is 58.8 Å². The molecule has 1 aromatic heterocycles. The zero-order chi connectivity index (χ0) is 21.3. The predicted molar refractivity (Wildman–Crippen MR) is 108 cm³/mol. The molecule has 2 N–H and O–H groups in total. The van der Waals surface area contributed by atoms with Crippen LogP contribution in [0.4, 0.5) is 35.0 Å². The molecule has 1 aliphatic rings. The Morgan fingerprint density at radius 2 is 1.83 bits per heavy atom. The Kier molecular flexibility index (Phi) is 5.50. The van der Waals surface area contributed by atoms with Gasteiger partial charge >= 0.3 is 6.36 Å². The van der Waals surface area contributed by atoms with Crippen LogP contribution < -0.4 is 15.4 Å². The SMILES string of the molecule is Fc1ccc(Nc2cc(-c3cccc(OC(F)(F)F)c3)nc(NC3CC3)n2)c(Br)c1. The number of benzene rings is 2. The van der Waals surface area contributed by atoms with Crippen molar-refractivity contribution >= 4 is 33.4 Å². The lowest BCUT2D eigenvalue weighted by atomic mass is 10.1. The Balaban J connectivity index is 1.68. The molecular formula is C20H15BrF4N4O. The molecule has 0 saturated heterocycles. The first-order chi connectivity index (χ1) is 14.2. The summed E-state index contributed by atoms with van der Waals surface area (Å²) in [4.78, 5) is 8.85. The number of anilines is 3. The van der Waals surface area contributed by atoms with E-state index in [1.165, 1.54) is 30.3 Å². The molecular weight excluding hydrogens is 468 g/mol. The van der Waals surface area contributed by atoms with E-state index >= 15 is 0 Å². The first-order valence-electron chi connectivity index (χ1n) is 8.99.